The van der Waals surface area contributed by atoms with Gasteiger partial charge in [-0.25, -0.2) is 0 Å². The summed E-state index contributed by atoms with van der Waals surface area (Å²) < 4.78 is 0. The fraction of sp³-hybridized carbons (Fsp3) is 0.294. The molecule has 116 valence electrons. The van der Waals surface area contributed by atoms with Gasteiger partial charge in [0.2, 0.25) is 5.91 Å². The van der Waals surface area contributed by atoms with Crippen molar-refractivity contribution < 1.29 is 9.59 Å². The minimum absolute atomic E-state index is 0.0461. The summed E-state index contributed by atoms with van der Waals surface area (Å²) in [5.41, 5.74) is 0. The van der Waals surface area contributed by atoms with Crippen LogP contribution in [0.5, 0.6) is 0 Å². The molecule has 1 aromatic heterocycles. The van der Waals surface area contributed by atoms with Gasteiger partial charge in [0.05, 0.1) is 4.88 Å². The van der Waals surface area contributed by atoms with Gasteiger partial charge < -0.3 is 5.32 Å². The van der Waals surface area contributed by atoms with Crippen LogP contribution < -0.4 is 5.32 Å². The molecule has 0 aliphatic heterocycles. The number of ketones is 1. The molecular weight excluding hydrogens is 314 g/mol. The maximum Gasteiger partial charge on any atom is 0.220 e. The van der Waals surface area contributed by atoms with Crippen LogP contribution >= 0.6 is 23.1 Å². The standard InChI is InChI=1S/C17H19NO2S2/c19-15(16-8-4-12-22-16)9-10-17(20)18-11-5-13-21-14-6-2-1-3-7-14/h1-4,6-8,12H,5,9-11,13H2,(H,18,20). The first-order chi connectivity index (χ1) is 10.8. The topological polar surface area (TPSA) is 46.2 Å². The number of rotatable bonds is 9. The molecule has 0 aliphatic rings. The number of carbonyl (C=O) groups excluding carboxylic acids is 2. The number of thiophene rings is 1. The number of hydrogen-bond donors (Lipinski definition) is 1. The molecule has 0 unspecified atom stereocenters. The molecule has 1 amide bonds. The van der Waals surface area contributed by atoms with Crippen molar-refractivity contribution in [2.45, 2.75) is 24.2 Å². The third-order valence-electron chi connectivity index (χ3n) is 3.03. The van der Waals surface area contributed by atoms with Gasteiger partial charge in [-0.3, -0.25) is 9.59 Å². The largest absolute Gasteiger partial charge is 0.356 e. The van der Waals surface area contributed by atoms with E-state index in [9.17, 15) is 9.59 Å². The highest BCUT2D eigenvalue weighted by molar-refractivity contribution is 7.99. The summed E-state index contributed by atoms with van der Waals surface area (Å²) in [5.74, 6) is 0.970. The smallest absolute Gasteiger partial charge is 0.220 e. The van der Waals surface area contributed by atoms with Crippen LogP contribution in [-0.4, -0.2) is 24.0 Å². The second-order valence-electron chi connectivity index (χ2n) is 4.77. The molecular formula is C17H19NO2S2. The van der Waals surface area contributed by atoms with Gasteiger partial charge in [-0.05, 0) is 35.8 Å². The molecule has 0 saturated carbocycles. The van der Waals surface area contributed by atoms with Crippen LogP contribution in [-0.2, 0) is 4.79 Å². The van der Waals surface area contributed by atoms with Crippen molar-refractivity contribution in [3.63, 3.8) is 0 Å². The Morgan fingerprint density at radius 1 is 1.05 bits per heavy atom. The highest BCUT2D eigenvalue weighted by atomic mass is 32.2. The van der Waals surface area contributed by atoms with Gasteiger partial charge >= 0.3 is 0 Å². The van der Waals surface area contributed by atoms with Crippen LogP contribution in [0.2, 0.25) is 0 Å². The number of hydrogen-bond acceptors (Lipinski definition) is 4. The van der Waals surface area contributed by atoms with Crippen molar-refractivity contribution in [3.05, 3.63) is 52.7 Å². The maximum absolute atomic E-state index is 11.8. The fourth-order valence-electron chi connectivity index (χ4n) is 1.88. The lowest BCUT2D eigenvalue weighted by Gasteiger charge is -2.05. The van der Waals surface area contributed by atoms with Gasteiger partial charge in [0, 0.05) is 24.3 Å². The summed E-state index contributed by atoms with van der Waals surface area (Å²) in [5, 5.41) is 4.74. The average molecular weight is 333 g/mol. The van der Waals surface area contributed by atoms with Gasteiger partial charge in [0.1, 0.15) is 0 Å². The Balaban J connectivity index is 1.53. The Hall–Kier alpha value is -1.59. The molecule has 1 heterocycles. The van der Waals surface area contributed by atoms with Crippen molar-refractivity contribution in [3.8, 4) is 0 Å². The Bertz CT molecular complexity index is 582. The van der Waals surface area contributed by atoms with Crippen LogP contribution in [0.25, 0.3) is 0 Å². The number of benzene rings is 1. The highest BCUT2D eigenvalue weighted by Crippen LogP contribution is 2.17. The van der Waals surface area contributed by atoms with Crippen LogP contribution in [0.15, 0.2) is 52.7 Å². The van der Waals surface area contributed by atoms with Crippen LogP contribution in [0.1, 0.15) is 28.9 Å². The van der Waals surface area contributed by atoms with E-state index in [1.807, 2.05) is 29.6 Å². The van der Waals surface area contributed by atoms with E-state index in [0.29, 0.717) is 6.54 Å². The van der Waals surface area contributed by atoms with E-state index >= 15 is 0 Å². The van der Waals surface area contributed by atoms with Crippen molar-refractivity contribution in [1.29, 1.82) is 0 Å². The summed E-state index contributed by atoms with van der Waals surface area (Å²) in [6, 6.07) is 13.9. The number of Topliss-reactive ketones (excluding diaryl/α,β-unsaturated/α-hetero) is 1. The minimum Gasteiger partial charge on any atom is -0.356 e. The average Bonchev–Trinajstić information content (AvgIpc) is 3.08. The van der Waals surface area contributed by atoms with Crippen LogP contribution in [0, 0.1) is 0 Å². The number of amides is 1. The summed E-state index contributed by atoms with van der Waals surface area (Å²) in [4.78, 5) is 25.4. The molecule has 5 heteroatoms. The molecule has 0 radical (unpaired) electrons. The Morgan fingerprint density at radius 3 is 2.59 bits per heavy atom. The summed E-state index contributed by atoms with van der Waals surface area (Å²) in [6.07, 6.45) is 1.47. The monoisotopic (exact) mass is 333 g/mol. The van der Waals surface area contributed by atoms with Crippen molar-refractivity contribution in [2.75, 3.05) is 12.3 Å². The summed E-state index contributed by atoms with van der Waals surface area (Å²) >= 11 is 3.21. The van der Waals surface area contributed by atoms with E-state index in [0.717, 1.165) is 17.1 Å². The molecule has 3 nitrogen and oxygen atoms in total. The molecule has 0 atom stereocenters. The first-order valence-corrected chi connectivity index (χ1v) is 9.13. The first-order valence-electron chi connectivity index (χ1n) is 7.27. The van der Waals surface area contributed by atoms with E-state index in [1.165, 1.54) is 16.2 Å². The maximum atomic E-state index is 11.8. The number of nitrogens with one attached hydrogen (secondary N) is 1. The summed E-state index contributed by atoms with van der Waals surface area (Å²) in [7, 11) is 0. The quantitative estimate of drug-likeness (QED) is 0.428. The van der Waals surface area contributed by atoms with Gasteiger partial charge in [-0.15, -0.1) is 23.1 Å². The van der Waals surface area contributed by atoms with Crippen molar-refractivity contribution in [1.82, 2.24) is 5.32 Å². The van der Waals surface area contributed by atoms with E-state index in [1.54, 1.807) is 17.8 Å². The van der Waals surface area contributed by atoms with E-state index in [4.69, 9.17) is 0 Å². The van der Waals surface area contributed by atoms with Crippen molar-refractivity contribution in [2.24, 2.45) is 0 Å². The second kappa shape index (κ2) is 9.43. The Kier molecular flexibility index (Phi) is 7.19. The molecule has 0 spiro atoms. The summed E-state index contributed by atoms with van der Waals surface area (Å²) in [6.45, 7) is 0.659. The minimum atomic E-state index is -0.0467. The van der Waals surface area contributed by atoms with Gasteiger partial charge in [-0.1, -0.05) is 24.3 Å². The molecule has 0 bridgehead atoms. The lowest BCUT2D eigenvalue weighted by atomic mass is 10.2. The van der Waals surface area contributed by atoms with Crippen LogP contribution in [0.3, 0.4) is 0 Å². The Morgan fingerprint density at radius 2 is 1.86 bits per heavy atom. The van der Waals surface area contributed by atoms with Crippen LogP contribution in [0.4, 0.5) is 0 Å². The fourth-order valence-corrected chi connectivity index (χ4v) is 3.45. The Labute approximate surface area is 139 Å². The molecule has 0 saturated heterocycles. The third kappa shape index (κ3) is 6.03. The molecule has 1 N–H and O–H groups in total. The predicted octanol–water partition coefficient (Wildman–Crippen LogP) is 4.01. The number of thioether (sulfide) groups is 1. The van der Waals surface area contributed by atoms with Gasteiger partial charge in [0.25, 0.3) is 0 Å². The molecule has 0 aliphatic carbocycles. The van der Waals surface area contributed by atoms with Gasteiger partial charge in [0.15, 0.2) is 5.78 Å². The SMILES string of the molecule is O=C(CCC(=O)c1cccs1)NCCCSc1ccccc1. The lowest BCUT2D eigenvalue weighted by Crippen LogP contribution is -2.25. The first kappa shape index (κ1) is 16.8. The predicted molar refractivity (Wildman–Crippen MR) is 92.7 cm³/mol. The van der Waals surface area contributed by atoms with Crippen molar-refractivity contribution >= 4 is 34.8 Å². The van der Waals surface area contributed by atoms with E-state index in [2.05, 4.69) is 17.4 Å². The lowest BCUT2D eigenvalue weighted by molar-refractivity contribution is -0.121. The van der Waals surface area contributed by atoms with E-state index < -0.39 is 0 Å². The molecule has 0 fully saturated rings. The third-order valence-corrected chi connectivity index (χ3v) is 5.04. The molecule has 1 aromatic carbocycles. The zero-order chi connectivity index (χ0) is 15.6. The number of carbonyl (C=O) groups is 2. The van der Waals surface area contributed by atoms with E-state index in [-0.39, 0.29) is 24.5 Å². The second-order valence-corrected chi connectivity index (χ2v) is 6.88. The highest BCUT2D eigenvalue weighted by Gasteiger charge is 2.09. The zero-order valence-corrected chi connectivity index (χ0v) is 13.9. The normalized spacial score (nSPS) is 10.4. The van der Waals surface area contributed by atoms with Gasteiger partial charge in [-0.2, -0.15) is 0 Å². The molecule has 22 heavy (non-hydrogen) atoms. The molecule has 2 aromatic rings. The molecule has 2 rings (SSSR count). The zero-order valence-electron chi connectivity index (χ0n) is 12.3.